The molecular formula is C11H25NO2. The van der Waals surface area contributed by atoms with Crippen molar-refractivity contribution in [1.82, 2.24) is 5.32 Å². The van der Waals surface area contributed by atoms with Crippen LogP contribution in [-0.2, 0) is 4.74 Å². The molecule has 0 aliphatic carbocycles. The smallest absolute Gasteiger partial charge is 0.0616 e. The molecule has 0 aliphatic rings. The van der Waals surface area contributed by atoms with Crippen molar-refractivity contribution in [3.63, 3.8) is 0 Å². The highest BCUT2D eigenvalue weighted by molar-refractivity contribution is 4.65. The lowest BCUT2D eigenvalue weighted by molar-refractivity contribution is 0.148. The van der Waals surface area contributed by atoms with Gasteiger partial charge in [-0.25, -0.2) is 0 Å². The van der Waals surface area contributed by atoms with Crippen LogP contribution in [0.5, 0.6) is 0 Å². The summed E-state index contributed by atoms with van der Waals surface area (Å²) in [6.45, 7) is 4.17. The molecule has 3 heteroatoms. The first-order valence-corrected chi connectivity index (χ1v) is 5.68. The Bertz CT molecular complexity index is 103. The lowest BCUT2D eigenvalue weighted by Gasteiger charge is -2.16. The maximum atomic E-state index is 8.81. The van der Waals surface area contributed by atoms with E-state index in [1.807, 2.05) is 0 Å². The van der Waals surface area contributed by atoms with Gasteiger partial charge in [0.15, 0.2) is 0 Å². The molecule has 0 saturated carbocycles. The first-order chi connectivity index (χ1) is 6.85. The monoisotopic (exact) mass is 203 g/mol. The SMILES string of the molecule is CCCCCCNC(CCO)COC. The Kier molecular flexibility index (Phi) is 10.9. The third kappa shape index (κ3) is 8.48. The fourth-order valence-corrected chi connectivity index (χ4v) is 1.46. The Morgan fingerprint density at radius 1 is 1.29 bits per heavy atom. The summed E-state index contributed by atoms with van der Waals surface area (Å²) in [6.07, 6.45) is 5.89. The van der Waals surface area contributed by atoms with E-state index >= 15 is 0 Å². The van der Waals surface area contributed by atoms with Crippen LogP contribution in [0.2, 0.25) is 0 Å². The molecule has 14 heavy (non-hydrogen) atoms. The Morgan fingerprint density at radius 3 is 2.64 bits per heavy atom. The van der Waals surface area contributed by atoms with E-state index in [1.165, 1.54) is 25.7 Å². The second-order valence-corrected chi connectivity index (χ2v) is 3.68. The maximum Gasteiger partial charge on any atom is 0.0616 e. The molecule has 0 spiro atoms. The normalized spacial score (nSPS) is 13.1. The molecule has 0 radical (unpaired) electrons. The van der Waals surface area contributed by atoms with Gasteiger partial charge in [0.1, 0.15) is 0 Å². The molecule has 2 N–H and O–H groups in total. The van der Waals surface area contributed by atoms with E-state index in [-0.39, 0.29) is 6.61 Å². The molecule has 86 valence electrons. The Morgan fingerprint density at radius 2 is 2.07 bits per heavy atom. The van der Waals surface area contributed by atoms with E-state index in [0.717, 1.165) is 13.0 Å². The number of aliphatic hydroxyl groups excluding tert-OH is 1. The predicted octanol–water partition coefficient (Wildman–Crippen LogP) is 1.55. The minimum absolute atomic E-state index is 0.232. The van der Waals surface area contributed by atoms with Gasteiger partial charge in [-0.05, 0) is 19.4 Å². The molecule has 1 atom stereocenters. The third-order valence-electron chi connectivity index (χ3n) is 2.31. The van der Waals surface area contributed by atoms with Gasteiger partial charge in [-0.2, -0.15) is 0 Å². The summed E-state index contributed by atoms with van der Waals surface area (Å²) in [7, 11) is 1.70. The van der Waals surface area contributed by atoms with Crippen molar-refractivity contribution < 1.29 is 9.84 Å². The number of ether oxygens (including phenoxy) is 1. The van der Waals surface area contributed by atoms with E-state index in [0.29, 0.717) is 12.6 Å². The summed E-state index contributed by atoms with van der Waals surface area (Å²) >= 11 is 0. The fourth-order valence-electron chi connectivity index (χ4n) is 1.46. The molecule has 0 saturated heterocycles. The van der Waals surface area contributed by atoms with Gasteiger partial charge in [0, 0.05) is 19.8 Å². The van der Waals surface area contributed by atoms with Crippen LogP contribution < -0.4 is 5.32 Å². The predicted molar refractivity (Wildman–Crippen MR) is 59.5 cm³/mol. The standard InChI is InChI=1S/C11H25NO2/c1-3-4-5-6-8-12-11(7-9-13)10-14-2/h11-13H,3-10H2,1-2H3. The molecule has 0 aromatic heterocycles. The summed E-state index contributed by atoms with van der Waals surface area (Å²) in [6, 6.07) is 0.312. The zero-order chi connectivity index (χ0) is 10.6. The highest BCUT2D eigenvalue weighted by atomic mass is 16.5. The van der Waals surface area contributed by atoms with Gasteiger partial charge < -0.3 is 15.2 Å². The number of methoxy groups -OCH3 is 1. The highest BCUT2D eigenvalue weighted by Gasteiger charge is 2.05. The van der Waals surface area contributed by atoms with Gasteiger partial charge in [-0.1, -0.05) is 26.2 Å². The zero-order valence-electron chi connectivity index (χ0n) is 9.59. The molecular weight excluding hydrogens is 178 g/mol. The van der Waals surface area contributed by atoms with Gasteiger partial charge in [-0.3, -0.25) is 0 Å². The van der Waals surface area contributed by atoms with Crippen molar-refractivity contribution in [2.75, 3.05) is 26.9 Å². The average molecular weight is 203 g/mol. The molecule has 0 aliphatic heterocycles. The highest BCUT2D eigenvalue weighted by Crippen LogP contribution is 1.98. The summed E-state index contributed by atoms with van der Waals surface area (Å²) in [5.41, 5.74) is 0. The summed E-state index contributed by atoms with van der Waals surface area (Å²) in [5, 5.41) is 12.2. The molecule has 0 amide bonds. The molecule has 0 rings (SSSR count). The van der Waals surface area contributed by atoms with Crippen molar-refractivity contribution in [2.45, 2.75) is 45.1 Å². The quantitative estimate of drug-likeness (QED) is 0.529. The Balaban J connectivity index is 3.30. The fraction of sp³-hybridized carbons (Fsp3) is 1.00. The number of hydrogen-bond acceptors (Lipinski definition) is 3. The van der Waals surface area contributed by atoms with Gasteiger partial charge >= 0.3 is 0 Å². The number of unbranched alkanes of at least 4 members (excludes halogenated alkanes) is 3. The van der Waals surface area contributed by atoms with Crippen LogP contribution in [0.4, 0.5) is 0 Å². The van der Waals surface area contributed by atoms with Gasteiger partial charge in [0.2, 0.25) is 0 Å². The van der Waals surface area contributed by atoms with Crippen LogP contribution in [0.15, 0.2) is 0 Å². The summed E-state index contributed by atoms with van der Waals surface area (Å²) in [5.74, 6) is 0. The third-order valence-corrected chi connectivity index (χ3v) is 2.31. The number of nitrogens with one attached hydrogen (secondary N) is 1. The summed E-state index contributed by atoms with van der Waals surface area (Å²) < 4.78 is 5.06. The zero-order valence-corrected chi connectivity index (χ0v) is 9.59. The van der Waals surface area contributed by atoms with Crippen LogP contribution >= 0.6 is 0 Å². The largest absolute Gasteiger partial charge is 0.396 e. The van der Waals surface area contributed by atoms with Crippen molar-refractivity contribution in [2.24, 2.45) is 0 Å². The van der Waals surface area contributed by atoms with E-state index in [2.05, 4.69) is 12.2 Å². The second kappa shape index (κ2) is 11.0. The molecule has 1 unspecified atom stereocenters. The number of hydrogen-bond donors (Lipinski definition) is 2. The van der Waals surface area contributed by atoms with E-state index in [1.54, 1.807) is 7.11 Å². The minimum atomic E-state index is 0.232. The van der Waals surface area contributed by atoms with Crippen molar-refractivity contribution in [3.8, 4) is 0 Å². The van der Waals surface area contributed by atoms with Gasteiger partial charge in [0.25, 0.3) is 0 Å². The van der Waals surface area contributed by atoms with Crippen LogP contribution in [-0.4, -0.2) is 38.0 Å². The minimum Gasteiger partial charge on any atom is -0.396 e. The van der Waals surface area contributed by atoms with Crippen molar-refractivity contribution in [3.05, 3.63) is 0 Å². The first kappa shape index (κ1) is 13.9. The van der Waals surface area contributed by atoms with Crippen LogP contribution in [0.25, 0.3) is 0 Å². The lowest BCUT2D eigenvalue weighted by atomic mass is 10.2. The van der Waals surface area contributed by atoms with Crippen LogP contribution in [0.3, 0.4) is 0 Å². The number of rotatable bonds is 10. The Hall–Kier alpha value is -0.120. The van der Waals surface area contributed by atoms with Gasteiger partial charge in [0.05, 0.1) is 6.61 Å². The second-order valence-electron chi connectivity index (χ2n) is 3.68. The average Bonchev–Trinajstić information content (AvgIpc) is 2.18. The number of aliphatic hydroxyl groups is 1. The molecule has 0 fully saturated rings. The Labute approximate surface area is 87.8 Å². The van der Waals surface area contributed by atoms with E-state index in [9.17, 15) is 0 Å². The van der Waals surface area contributed by atoms with Crippen LogP contribution in [0.1, 0.15) is 39.0 Å². The molecule has 0 aromatic rings. The van der Waals surface area contributed by atoms with Gasteiger partial charge in [-0.15, -0.1) is 0 Å². The van der Waals surface area contributed by atoms with Crippen molar-refractivity contribution in [1.29, 1.82) is 0 Å². The molecule has 0 aromatic carbocycles. The van der Waals surface area contributed by atoms with E-state index in [4.69, 9.17) is 9.84 Å². The molecule has 0 bridgehead atoms. The van der Waals surface area contributed by atoms with Crippen LogP contribution in [0, 0.1) is 0 Å². The maximum absolute atomic E-state index is 8.81. The van der Waals surface area contributed by atoms with Crippen molar-refractivity contribution >= 4 is 0 Å². The first-order valence-electron chi connectivity index (χ1n) is 5.68. The lowest BCUT2D eigenvalue weighted by Crippen LogP contribution is -2.34. The topological polar surface area (TPSA) is 41.5 Å². The molecule has 3 nitrogen and oxygen atoms in total. The van der Waals surface area contributed by atoms with E-state index < -0.39 is 0 Å². The molecule has 0 heterocycles. The summed E-state index contributed by atoms with van der Waals surface area (Å²) in [4.78, 5) is 0.